The number of hydrogen-bond donors (Lipinski definition) is 2. The molecule has 0 saturated heterocycles. The summed E-state index contributed by atoms with van der Waals surface area (Å²) in [5, 5.41) is 5.27. The number of nitrogens with two attached hydrogens (primary N) is 1. The summed E-state index contributed by atoms with van der Waals surface area (Å²) < 4.78 is 86.6. The SMILES string of the molecule is [2H]C([2H])([2H])C(NC(=O)n1ccc(Oc2ccc(N)c(F)c2)n1)(C([2H])([2H])[2H])C([2H])([2H])[2H]. The Balaban J connectivity index is 2.34. The lowest BCUT2D eigenvalue weighted by Gasteiger charge is -2.19. The Morgan fingerprint density at radius 3 is 2.90 bits per heavy atom. The van der Waals surface area contributed by atoms with Crippen LogP contribution in [0.15, 0.2) is 30.5 Å². The van der Waals surface area contributed by atoms with E-state index in [0.717, 1.165) is 18.3 Å². The van der Waals surface area contributed by atoms with Crippen molar-refractivity contribution in [2.24, 2.45) is 0 Å². The maximum Gasteiger partial charge on any atom is 0.342 e. The van der Waals surface area contributed by atoms with Crippen LogP contribution in [-0.2, 0) is 0 Å². The Hall–Kier alpha value is -2.57. The van der Waals surface area contributed by atoms with E-state index >= 15 is 0 Å². The van der Waals surface area contributed by atoms with Gasteiger partial charge in [0.05, 0.1) is 5.69 Å². The highest BCUT2D eigenvalue weighted by Gasteiger charge is 2.16. The first-order chi connectivity index (χ1) is 13.5. The lowest BCUT2D eigenvalue weighted by atomic mass is 10.1. The first-order valence-electron chi connectivity index (χ1n) is 10.1. The van der Waals surface area contributed by atoms with Gasteiger partial charge in [-0.3, -0.25) is 0 Å². The summed E-state index contributed by atoms with van der Waals surface area (Å²) in [6.07, 6.45) is 0.974. The summed E-state index contributed by atoms with van der Waals surface area (Å²) in [7, 11) is 0. The molecule has 0 aliphatic heterocycles. The fourth-order valence-corrected chi connectivity index (χ4v) is 1.38. The number of nitrogen functional groups attached to an aromatic ring is 1. The Bertz CT molecular complexity index is 901. The second kappa shape index (κ2) is 5.43. The summed E-state index contributed by atoms with van der Waals surface area (Å²) >= 11 is 0. The summed E-state index contributed by atoms with van der Waals surface area (Å²) in [6.45, 7) is -10.9. The lowest BCUT2D eigenvalue weighted by molar-refractivity contribution is 0.230. The minimum Gasteiger partial charge on any atom is -0.437 e. The Labute approximate surface area is 134 Å². The van der Waals surface area contributed by atoms with Crippen molar-refractivity contribution in [3.63, 3.8) is 0 Å². The Kier molecular flexibility index (Phi) is 1.79. The zero-order valence-corrected chi connectivity index (χ0v) is 10.6. The number of benzene rings is 1. The number of hydrogen-bond acceptors (Lipinski definition) is 4. The van der Waals surface area contributed by atoms with E-state index < -0.39 is 37.9 Å². The molecule has 6 nitrogen and oxygen atoms in total. The van der Waals surface area contributed by atoms with E-state index in [9.17, 15) is 9.18 Å². The average molecular weight is 301 g/mol. The number of carbonyl (C=O) groups is 1. The van der Waals surface area contributed by atoms with E-state index in [1.165, 1.54) is 12.1 Å². The zero-order chi connectivity index (χ0) is 23.1. The highest BCUT2D eigenvalue weighted by Crippen LogP contribution is 2.22. The number of anilines is 1. The van der Waals surface area contributed by atoms with Crippen molar-refractivity contribution >= 4 is 11.7 Å². The third-order valence-corrected chi connectivity index (χ3v) is 2.26. The molecule has 3 N–H and O–H groups in total. The average Bonchev–Trinajstić information content (AvgIpc) is 3.01. The van der Waals surface area contributed by atoms with Crippen molar-refractivity contribution in [1.29, 1.82) is 0 Å². The van der Waals surface area contributed by atoms with Gasteiger partial charge in [0.15, 0.2) is 0 Å². The molecule has 0 spiro atoms. The summed E-state index contributed by atoms with van der Waals surface area (Å²) in [5.74, 6) is -1.02. The predicted molar refractivity (Wildman–Crippen MR) is 76.8 cm³/mol. The van der Waals surface area contributed by atoms with Crippen LogP contribution in [0.5, 0.6) is 11.6 Å². The zero-order valence-electron chi connectivity index (χ0n) is 19.6. The normalized spacial score (nSPS) is 19.4. The maximum atomic E-state index is 13.5. The molecule has 21 heavy (non-hydrogen) atoms. The number of nitrogens with zero attached hydrogens (tertiary/aromatic N) is 2. The van der Waals surface area contributed by atoms with Crippen molar-refractivity contribution in [2.75, 3.05) is 5.73 Å². The molecule has 0 radical (unpaired) electrons. The topological polar surface area (TPSA) is 82.2 Å². The van der Waals surface area contributed by atoms with Gasteiger partial charge in [-0.15, -0.1) is 5.10 Å². The predicted octanol–water partition coefficient (Wildman–Crippen LogP) is 2.75. The van der Waals surface area contributed by atoms with Crippen LogP contribution in [0.25, 0.3) is 0 Å². The fourth-order valence-electron chi connectivity index (χ4n) is 1.38. The molecule has 0 saturated carbocycles. The number of amides is 1. The number of halogens is 1. The molecule has 1 heterocycles. The van der Waals surface area contributed by atoms with Gasteiger partial charge in [-0.05, 0) is 32.7 Å². The Morgan fingerprint density at radius 2 is 2.24 bits per heavy atom. The largest absolute Gasteiger partial charge is 0.437 e. The van der Waals surface area contributed by atoms with Crippen molar-refractivity contribution < 1.29 is 26.3 Å². The standard InChI is InChI=1S/C14H17FN4O2/c1-14(2,3)17-13(20)19-7-6-12(18-19)21-9-4-5-11(16)10(15)8-9/h4-8H,16H2,1-3H3,(H,17,20)/i1D3,2D3,3D3. The number of ether oxygens (including phenoxy) is 1. The molecule has 2 rings (SSSR count). The molecule has 7 heteroatoms. The molecule has 0 atom stereocenters. The van der Waals surface area contributed by atoms with E-state index in [0.29, 0.717) is 4.68 Å². The Morgan fingerprint density at radius 1 is 1.48 bits per heavy atom. The van der Waals surface area contributed by atoms with E-state index in [-0.39, 0.29) is 17.3 Å². The van der Waals surface area contributed by atoms with Gasteiger partial charge in [-0.2, -0.15) is 4.68 Å². The molecule has 2 aromatic rings. The van der Waals surface area contributed by atoms with Crippen LogP contribution in [0.1, 0.15) is 32.9 Å². The molecular formula is C14H17FN4O2. The summed E-state index contributed by atoms with van der Waals surface area (Å²) in [6, 6.07) is 3.20. The van der Waals surface area contributed by atoms with Gasteiger partial charge in [0.2, 0.25) is 5.88 Å². The smallest absolute Gasteiger partial charge is 0.342 e. The highest BCUT2D eigenvalue weighted by atomic mass is 19.1. The molecule has 0 aliphatic carbocycles. The van der Waals surface area contributed by atoms with Crippen LogP contribution < -0.4 is 15.8 Å². The van der Waals surface area contributed by atoms with Gasteiger partial charge in [0, 0.05) is 36.2 Å². The molecule has 1 aromatic heterocycles. The quantitative estimate of drug-likeness (QED) is 0.836. The summed E-state index contributed by atoms with van der Waals surface area (Å²) in [4.78, 5) is 12.5. The number of carbonyl (C=O) groups excluding carboxylic acids is 1. The van der Waals surface area contributed by atoms with Crippen molar-refractivity contribution in [2.45, 2.75) is 26.1 Å². The number of aromatic nitrogens is 2. The first-order valence-corrected chi connectivity index (χ1v) is 5.61. The third-order valence-electron chi connectivity index (χ3n) is 2.26. The van der Waals surface area contributed by atoms with Gasteiger partial charge in [-0.1, -0.05) is 0 Å². The molecule has 0 fully saturated rings. The van der Waals surface area contributed by atoms with Crippen molar-refractivity contribution in [3.05, 3.63) is 36.3 Å². The number of rotatable bonds is 2. The molecule has 0 bridgehead atoms. The fraction of sp³-hybridized carbons (Fsp3) is 0.286. The van der Waals surface area contributed by atoms with Crippen LogP contribution >= 0.6 is 0 Å². The van der Waals surface area contributed by atoms with Gasteiger partial charge in [0.1, 0.15) is 11.6 Å². The van der Waals surface area contributed by atoms with Crippen molar-refractivity contribution in [1.82, 2.24) is 15.1 Å². The molecule has 0 aliphatic rings. The second-order valence-electron chi connectivity index (χ2n) is 4.06. The molecule has 112 valence electrons. The van der Waals surface area contributed by atoms with E-state index in [1.807, 2.05) is 0 Å². The van der Waals surface area contributed by atoms with Gasteiger partial charge < -0.3 is 15.8 Å². The molecular weight excluding hydrogens is 275 g/mol. The van der Waals surface area contributed by atoms with Gasteiger partial charge in [0.25, 0.3) is 0 Å². The second-order valence-corrected chi connectivity index (χ2v) is 4.06. The molecule has 1 amide bonds. The van der Waals surface area contributed by atoms with Gasteiger partial charge >= 0.3 is 6.03 Å². The number of nitrogens with one attached hydrogen (secondary N) is 1. The third kappa shape index (κ3) is 3.95. The monoisotopic (exact) mass is 301 g/mol. The van der Waals surface area contributed by atoms with Crippen LogP contribution in [0.4, 0.5) is 14.9 Å². The molecule has 1 aromatic carbocycles. The van der Waals surface area contributed by atoms with Crippen LogP contribution in [-0.4, -0.2) is 21.4 Å². The van der Waals surface area contributed by atoms with Crippen LogP contribution in [0.3, 0.4) is 0 Å². The van der Waals surface area contributed by atoms with Crippen LogP contribution in [0.2, 0.25) is 0 Å². The van der Waals surface area contributed by atoms with E-state index in [2.05, 4.69) is 5.10 Å². The minimum atomic E-state index is -3.62. The first kappa shape index (κ1) is 6.93. The highest BCUT2D eigenvalue weighted by molar-refractivity contribution is 5.76. The van der Waals surface area contributed by atoms with E-state index in [4.69, 9.17) is 22.8 Å². The maximum absolute atomic E-state index is 13.5. The minimum absolute atomic E-state index is 0.0193. The lowest BCUT2D eigenvalue weighted by Crippen LogP contribution is -2.43. The summed E-state index contributed by atoms with van der Waals surface area (Å²) in [5.41, 5.74) is 1.67. The van der Waals surface area contributed by atoms with Crippen LogP contribution in [0, 0.1) is 5.82 Å². The van der Waals surface area contributed by atoms with Gasteiger partial charge in [-0.25, -0.2) is 9.18 Å². The van der Waals surface area contributed by atoms with E-state index in [1.54, 1.807) is 5.32 Å². The molecule has 0 unspecified atom stereocenters. The van der Waals surface area contributed by atoms with Crippen molar-refractivity contribution in [3.8, 4) is 11.6 Å².